The van der Waals surface area contributed by atoms with Crippen molar-refractivity contribution in [3.63, 3.8) is 0 Å². The normalized spacial score (nSPS) is 10.1. The van der Waals surface area contributed by atoms with Gasteiger partial charge in [0.25, 0.3) is 0 Å². The van der Waals surface area contributed by atoms with Crippen molar-refractivity contribution in [2.75, 3.05) is 0 Å². The van der Waals surface area contributed by atoms with Crippen LogP contribution in [0.2, 0.25) is 5.02 Å². The summed E-state index contributed by atoms with van der Waals surface area (Å²) >= 11 is 5.75. The maximum Gasteiger partial charge on any atom is 0.153 e. The second-order valence-corrected chi connectivity index (χ2v) is 3.65. The number of aldehydes is 1. The molecule has 2 rings (SSSR count). The van der Waals surface area contributed by atoms with E-state index in [4.69, 9.17) is 11.6 Å². The molecule has 0 spiro atoms. The molecule has 0 aliphatic rings. The van der Waals surface area contributed by atoms with E-state index in [-0.39, 0.29) is 5.56 Å². The predicted molar refractivity (Wildman–Crippen MR) is 60.0 cm³/mol. The quantitative estimate of drug-likeness (QED) is 0.747. The monoisotopic (exact) mass is 235 g/mol. The van der Waals surface area contributed by atoms with Crippen molar-refractivity contribution < 1.29 is 9.18 Å². The van der Waals surface area contributed by atoms with Crippen molar-refractivity contribution >= 4 is 17.9 Å². The molecule has 1 aromatic carbocycles. The summed E-state index contributed by atoms with van der Waals surface area (Å²) in [5, 5.41) is 0.612. The van der Waals surface area contributed by atoms with Gasteiger partial charge in [0.15, 0.2) is 12.1 Å². The lowest BCUT2D eigenvalue weighted by atomic mass is 10.1. The van der Waals surface area contributed by atoms with Gasteiger partial charge in [0.05, 0.1) is 17.5 Å². The number of hydrogen-bond acceptors (Lipinski definition) is 2. The van der Waals surface area contributed by atoms with Gasteiger partial charge in [0.2, 0.25) is 0 Å². The minimum atomic E-state index is -0.618. The molecule has 2 aromatic rings. The molecule has 0 atom stereocenters. The molecule has 16 heavy (non-hydrogen) atoms. The highest BCUT2D eigenvalue weighted by atomic mass is 35.5. The van der Waals surface area contributed by atoms with E-state index in [9.17, 15) is 9.18 Å². The molecule has 0 bridgehead atoms. The Bertz CT molecular complexity index is 525. The lowest BCUT2D eigenvalue weighted by Crippen LogP contribution is -1.92. The maximum absolute atomic E-state index is 13.0. The second kappa shape index (κ2) is 4.41. The van der Waals surface area contributed by atoms with Gasteiger partial charge >= 0.3 is 0 Å². The van der Waals surface area contributed by atoms with Crippen LogP contribution in [-0.4, -0.2) is 11.3 Å². The first-order valence-corrected chi connectivity index (χ1v) is 4.95. The van der Waals surface area contributed by atoms with Crippen LogP contribution in [-0.2, 0) is 0 Å². The minimum absolute atomic E-state index is 0.0000463. The number of benzene rings is 1. The highest BCUT2D eigenvalue weighted by Crippen LogP contribution is 2.20. The number of pyridine rings is 1. The molecule has 80 valence electrons. The number of aromatic nitrogens is 1. The molecule has 0 aliphatic heterocycles. The zero-order valence-corrected chi connectivity index (χ0v) is 8.91. The lowest BCUT2D eigenvalue weighted by molar-refractivity contribution is 0.111. The number of carbonyl (C=O) groups excluding carboxylic acids is 1. The smallest absolute Gasteiger partial charge is 0.153 e. The van der Waals surface area contributed by atoms with E-state index in [0.29, 0.717) is 17.0 Å². The fourth-order valence-corrected chi connectivity index (χ4v) is 1.45. The van der Waals surface area contributed by atoms with E-state index in [1.165, 1.54) is 6.07 Å². The number of hydrogen-bond donors (Lipinski definition) is 0. The largest absolute Gasteiger partial charge is 0.298 e. The average molecular weight is 236 g/mol. The summed E-state index contributed by atoms with van der Waals surface area (Å²) < 4.78 is 13.0. The third-order valence-corrected chi connectivity index (χ3v) is 2.40. The average Bonchev–Trinajstić information content (AvgIpc) is 2.31. The van der Waals surface area contributed by atoms with E-state index >= 15 is 0 Å². The molecular formula is C12H7ClFNO. The van der Waals surface area contributed by atoms with Crippen LogP contribution in [0.4, 0.5) is 4.39 Å². The summed E-state index contributed by atoms with van der Waals surface area (Å²) in [6.45, 7) is 0. The highest BCUT2D eigenvalue weighted by molar-refractivity contribution is 6.30. The molecule has 0 radical (unpaired) electrons. The molecule has 2 nitrogen and oxygen atoms in total. The predicted octanol–water partition coefficient (Wildman–Crippen LogP) is 3.35. The standard InChI is InChI=1S/C12H7ClFNO/c13-10-3-1-8(2-4-10)12-5-9(7-16)11(14)6-15-12/h1-7H. The van der Waals surface area contributed by atoms with Crippen LogP contribution in [0.1, 0.15) is 10.4 Å². The first-order chi connectivity index (χ1) is 7.70. The van der Waals surface area contributed by atoms with Gasteiger partial charge in [-0.05, 0) is 18.2 Å². The number of halogens is 2. The maximum atomic E-state index is 13.0. The van der Waals surface area contributed by atoms with Crippen molar-refractivity contribution in [3.05, 3.63) is 52.9 Å². The number of nitrogens with zero attached hydrogens (tertiary/aromatic N) is 1. The third kappa shape index (κ3) is 2.09. The van der Waals surface area contributed by atoms with Crippen molar-refractivity contribution in [1.29, 1.82) is 0 Å². The Labute approximate surface area is 96.7 Å². The van der Waals surface area contributed by atoms with Crippen molar-refractivity contribution in [1.82, 2.24) is 4.98 Å². The van der Waals surface area contributed by atoms with Crippen molar-refractivity contribution in [2.45, 2.75) is 0 Å². The summed E-state index contributed by atoms with van der Waals surface area (Å²) in [5.41, 5.74) is 1.33. The lowest BCUT2D eigenvalue weighted by Gasteiger charge is -2.02. The summed E-state index contributed by atoms with van der Waals surface area (Å²) in [5.74, 6) is -0.618. The molecule has 0 saturated carbocycles. The Morgan fingerprint density at radius 3 is 2.56 bits per heavy atom. The molecule has 0 saturated heterocycles. The first kappa shape index (κ1) is 10.8. The zero-order chi connectivity index (χ0) is 11.5. The fraction of sp³-hybridized carbons (Fsp3) is 0. The van der Waals surface area contributed by atoms with Gasteiger partial charge in [-0.1, -0.05) is 23.7 Å². The Hall–Kier alpha value is -1.74. The highest BCUT2D eigenvalue weighted by Gasteiger charge is 2.05. The van der Waals surface area contributed by atoms with Crippen LogP contribution in [0.3, 0.4) is 0 Å². The van der Waals surface area contributed by atoms with Crippen LogP contribution in [0, 0.1) is 5.82 Å². The molecular weight excluding hydrogens is 229 g/mol. The zero-order valence-electron chi connectivity index (χ0n) is 8.15. The molecule has 0 unspecified atom stereocenters. The van der Waals surface area contributed by atoms with Crippen LogP contribution in [0.5, 0.6) is 0 Å². The topological polar surface area (TPSA) is 30.0 Å². The van der Waals surface area contributed by atoms with Crippen molar-refractivity contribution in [2.24, 2.45) is 0 Å². The van der Waals surface area contributed by atoms with Gasteiger partial charge < -0.3 is 0 Å². The van der Waals surface area contributed by atoms with E-state index < -0.39 is 5.82 Å². The van der Waals surface area contributed by atoms with E-state index in [0.717, 1.165) is 11.8 Å². The molecule has 0 amide bonds. The number of rotatable bonds is 2. The molecule has 0 fully saturated rings. The van der Waals surface area contributed by atoms with Gasteiger partial charge in [-0.15, -0.1) is 0 Å². The summed E-state index contributed by atoms with van der Waals surface area (Å²) in [6, 6.07) is 8.35. The molecule has 4 heteroatoms. The van der Waals surface area contributed by atoms with Crippen molar-refractivity contribution in [3.8, 4) is 11.3 Å². The Morgan fingerprint density at radius 2 is 1.94 bits per heavy atom. The summed E-state index contributed by atoms with van der Waals surface area (Å²) in [6.07, 6.45) is 1.50. The van der Waals surface area contributed by atoms with E-state index in [1.54, 1.807) is 24.3 Å². The minimum Gasteiger partial charge on any atom is -0.298 e. The fourth-order valence-electron chi connectivity index (χ4n) is 1.32. The third-order valence-electron chi connectivity index (χ3n) is 2.15. The first-order valence-electron chi connectivity index (χ1n) is 4.57. The SMILES string of the molecule is O=Cc1cc(-c2ccc(Cl)cc2)ncc1F. The van der Waals surface area contributed by atoms with E-state index in [2.05, 4.69) is 4.98 Å². The van der Waals surface area contributed by atoms with Crippen LogP contribution >= 0.6 is 11.6 Å². The summed E-state index contributed by atoms with van der Waals surface area (Å²) in [7, 11) is 0. The second-order valence-electron chi connectivity index (χ2n) is 3.22. The molecule has 0 N–H and O–H groups in total. The molecule has 0 aliphatic carbocycles. The van der Waals surface area contributed by atoms with Gasteiger partial charge in [-0.2, -0.15) is 0 Å². The number of carbonyl (C=O) groups is 1. The van der Waals surface area contributed by atoms with Gasteiger partial charge in [-0.3, -0.25) is 9.78 Å². The van der Waals surface area contributed by atoms with Crippen LogP contribution < -0.4 is 0 Å². The Balaban J connectivity index is 2.48. The van der Waals surface area contributed by atoms with Gasteiger partial charge in [-0.25, -0.2) is 4.39 Å². The summed E-state index contributed by atoms with van der Waals surface area (Å²) in [4.78, 5) is 14.5. The van der Waals surface area contributed by atoms with Gasteiger partial charge in [0, 0.05) is 10.6 Å². The van der Waals surface area contributed by atoms with Gasteiger partial charge in [0.1, 0.15) is 0 Å². The van der Waals surface area contributed by atoms with Crippen LogP contribution in [0.25, 0.3) is 11.3 Å². The molecule has 1 aromatic heterocycles. The molecule has 1 heterocycles. The van der Waals surface area contributed by atoms with E-state index in [1.807, 2.05) is 0 Å². The van der Waals surface area contributed by atoms with Crippen LogP contribution in [0.15, 0.2) is 36.5 Å². The Kier molecular flexibility index (Phi) is 2.97. The Morgan fingerprint density at radius 1 is 1.25 bits per heavy atom.